The molecule has 1 aromatic carbocycles. The lowest BCUT2D eigenvalue weighted by atomic mass is 10.2. The molecule has 1 amide bonds. The molecular weight excluding hydrogens is 270 g/mol. The summed E-state index contributed by atoms with van der Waals surface area (Å²) in [5.74, 6) is 0.739. The van der Waals surface area contributed by atoms with E-state index in [1.54, 1.807) is 12.0 Å². The Kier molecular flexibility index (Phi) is 3.19. The van der Waals surface area contributed by atoms with Crippen LogP contribution in [0.4, 0.5) is 0 Å². The lowest BCUT2D eigenvalue weighted by Crippen LogP contribution is -2.29. The predicted molar refractivity (Wildman–Crippen MR) is 65.8 cm³/mol. The minimum atomic E-state index is 0.0493. The van der Waals surface area contributed by atoms with Gasteiger partial charge in [-0.25, -0.2) is 0 Å². The van der Waals surface area contributed by atoms with Gasteiger partial charge in [-0.1, -0.05) is 6.07 Å². The number of methoxy groups -OCH3 is 1. The lowest BCUT2D eigenvalue weighted by molar-refractivity contribution is 0.0784. The molecule has 1 aliphatic carbocycles. The van der Waals surface area contributed by atoms with Crippen LogP contribution in [0, 0.1) is 0 Å². The van der Waals surface area contributed by atoms with Gasteiger partial charge in [-0.2, -0.15) is 0 Å². The van der Waals surface area contributed by atoms with E-state index in [4.69, 9.17) is 4.74 Å². The number of nitrogens with zero attached hydrogens (tertiary/aromatic N) is 1. The second-order valence-corrected chi connectivity index (χ2v) is 4.76. The zero-order valence-corrected chi connectivity index (χ0v) is 11.0. The van der Waals surface area contributed by atoms with E-state index in [2.05, 4.69) is 15.9 Å². The summed E-state index contributed by atoms with van der Waals surface area (Å²) in [5, 5.41) is 0. The van der Waals surface area contributed by atoms with Crippen LogP contribution in [0.5, 0.6) is 5.75 Å². The van der Waals surface area contributed by atoms with Gasteiger partial charge in [0.15, 0.2) is 0 Å². The van der Waals surface area contributed by atoms with E-state index < -0.39 is 0 Å². The first-order valence-electron chi connectivity index (χ1n) is 5.25. The molecule has 1 saturated carbocycles. The predicted octanol–water partition coefficient (Wildman–Crippen LogP) is 2.69. The van der Waals surface area contributed by atoms with Crippen molar-refractivity contribution >= 4 is 21.8 Å². The molecule has 0 N–H and O–H groups in total. The van der Waals surface area contributed by atoms with Crippen molar-refractivity contribution < 1.29 is 9.53 Å². The van der Waals surface area contributed by atoms with Gasteiger partial charge in [0.2, 0.25) is 0 Å². The van der Waals surface area contributed by atoms with Gasteiger partial charge >= 0.3 is 0 Å². The largest absolute Gasteiger partial charge is 0.496 e. The minimum Gasteiger partial charge on any atom is -0.496 e. The van der Waals surface area contributed by atoms with E-state index in [1.807, 2.05) is 25.2 Å². The summed E-state index contributed by atoms with van der Waals surface area (Å²) >= 11 is 3.41. The maximum absolute atomic E-state index is 12.2. The van der Waals surface area contributed by atoms with E-state index in [0.29, 0.717) is 17.4 Å². The first kappa shape index (κ1) is 11.5. The summed E-state index contributed by atoms with van der Waals surface area (Å²) < 4.78 is 5.91. The SMILES string of the molecule is COc1cccc(C(=O)N(C)C2CC2)c1Br. The highest BCUT2D eigenvalue weighted by molar-refractivity contribution is 9.10. The Balaban J connectivity index is 2.28. The van der Waals surface area contributed by atoms with Crippen molar-refractivity contribution in [2.45, 2.75) is 18.9 Å². The fourth-order valence-electron chi connectivity index (χ4n) is 1.65. The molecule has 1 aliphatic rings. The highest BCUT2D eigenvalue weighted by Crippen LogP contribution is 2.32. The number of rotatable bonds is 3. The standard InChI is InChI=1S/C12H14BrNO2/c1-14(8-6-7-8)12(15)9-4-3-5-10(16-2)11(9)13/h3-5,8H,6-7H2,1-2H3. The quantitative estimate of drug-likeness (QED) is 0.854. The van der Waals surface area contributed by atoms with Crippen LogP contribution in [0.1, 0.15) is 23.2 Å². The molecule has 0 atom stereocenters. The maximum Gasteiger partial charge on any atom is 0.255 e. The lowest BCUT2D eigenvalue weighted by Gasteiger charge is -2.17. The number of benzene rings is 1. The van der Waals surface area contributed by atoms with Crippen LogP contribution in [0.15, 0.2) is 22.7 Å². The number of ether oxygens (including phenoxy) is 1. The summed E-state index contributed by atoms with van der Waals surface area (Å²) in [6.45, 7) is 0. The minimum absolute atomic E-state index is 0.0493. The van der Waals surface area contributed by atoms with Gasteiger partial charge in [0.05, 0.1) is 17.1 Å². The van der Waals surface area contributed by atoms with Crippen LogP contribution in [-0.4, -0.2) is 31.0 Å². The topological polar surface area (TPSA) is 29.5 Å². The van der Waals surface area contributed by atoms with Crippen LogP contribution in [0.25, 0.3) is 0 Å². The molecule has 0 aliphatic heterocycles. The van der Waals surface area contributed by atoms with E-state index >= 15 is 0 Å². The average molecular weight is 284 g/mol. The highest BCUT2D eigenvalue weighted by atomic mass is 79.9. The molecule has 1 fully saturated rings. The van der Waals surface area contributed by atoms with Crippen molar-refractivity contribution in [2.24, 2.45) is 0 Å². The van der Waals surface area contributed by atoms with Crippen LogP contribution in [0.2, 0.25) is 0 Å². The van der Waals surface area contributed by atoms with Gasteiger partial charge in [-0.15, -0.1) is 0 Å². The van der Waals surface area contributed by atoms with Crippen LogP contribution < -0.4 is 4.74 Å². The van der Waals surface area contributed by atoms with Gasteiger partial charge < -0.3 is 9.64 Å². The van der Waals surface area contributed by atoms with Crippen molar-refractivity contribution in [3.8, 4) is 5.75 Å². The third-order valence-corrected chi connectivity index (χ3v) is 3.65. The van der Waals surface area contributed by atoms with E-state index in [0.717, 1.165) is 17.3 Å². The van der Waals surface area contributed by atoms with Crippen LogP contribution >= 0.6 is 15.9 Å². The molecule has 0 bridgehead atoms. The molecule has 3 nitrogen and oxygen atoms in total. The molecule has 0 radical (unpaired) electrons. The summed E-state index contributed by atoms with van der Waals surface area (Å²) in [5.41, 5.74) is 0.661. The van der Waals surface area contributed by atoms with E-state index in [1.165, 1.54) is 0 Å². The van der Waals surface area contributed by atoms with Crippen molar-refractivity contribution in [3.63, 3.8) is 0 Å². The van der Waals surface area contributed by atoms with Gasteiger partial charge in [0.1, 0.15) is 5.75 Å². The number of amides is 1. The van der Waals surface area contributed by atoms with Gasteiger partial charge in [0.25, 0.3) is 5.91 Å². The smallest absolute Gasteiger partial charge is 0.255 e. The summed E-state index contributed by atoms with van der Waals surface area (Å²) in [7, 11) is 3.45. The van der Waals surface area contributed by atoms with E-state index in [-0.39, 0.29) is 5.91 Å². The van der Waals surface area contributed by atoms with E-state index in [9.17, 15) is 4.79 Å². The summed E-state index contributed by atoms with van der Waals surface area (Å²) in [6, 6.07) is 5.90. The average Bonchev–Trinajstić information content (AvgIpc) is 3.11. The Bertz CT molecular complexity index is 415. The maximum atomic E-state index is 12.2. The molecule has 1 aromatic rings. The summed E-state index contributed by atoms with van der Waals surface area (Å²) in [4.78, 5) is 14.0. The van der Waals surface area contributed by atoms with Crippen LogP contribution in [0.3, 0.4) is 0 Å². The summed E-state index contributed by atoms with van der Waals surface area (Å²) in [6.07, 6.45) is 2.23. The Morgan fingerprint density at radius 2 is 2.19 bits per heavy atom. The molecule has 86 valence electrons. The van der Waals surface area contributed by atoms with Crippen molar-refractivity contribution in [1.82, 2.24) is 4.90 Å². The first-order chi connectivity index (χ1) is 7.65. The molecule has 0 spiro atoms. The molecular formula is C12H14BrNO2. The Morgan fingerprint density at radius 3 is 2.75 bits per heavy atom. The normalized spacial score (nSPS) is 14.7. The zero-order valence-electron chi connectivity index (χ0n) is 9.37. The fraction of sp³-hybridized carbons (Fsp3) is 0.417. The van der Waals surface area contributed by atoms with Crippen LogP contribution in [-0.2, 0) is 0 Å². The number of hydrogen-bond donors (Lipinski definition) is 0. The Hall–Kier alpha value is -1.03. The first-order valence-corrected chi connectivity index (χ1v) is 6.04. The molecule has 16 heavy (non-hydrogen) atoms. The monoisotopic (exact) mass is 283 g/mol. The number of halogens is 1. The third-order valence-electron chi connectivity index (χ3n) is 2.83. The second-order valence-electron chi connectivity index (χ2n) is 3.97. The van der Waals surface area contributed by atoms with Crippen molar-refractivity contribution in [3.05, 3.63) is 28.2 Å². The fourth-order valence-corrected chi connectivity index (χ4v) is 2.25. The van der Waals surface area contributed by atoms with Gasteiger partial charge in [-0.05, 0) is 40.9 Å². The number of carbonyl (C=O) groups excluding carboxylic acids is 1. The Labute approximate surface area is 104 Å². The van der Waals surface area contributed by atoms with Gasteiger partial charge in [-0.3, -0.25) is 4.79 Å². The molecule has 0 unspecified atom stereocenters. The molecule has 2 rings (SSSR count). The highest BCUT2D eigenvalue weighted by Gasteiger charge is 2.31. The van der Waals surface area contributed by atoms with Gasteiger partial charge in [0, 0.05) is 13.1 Å². The second kappa shape index (κ2) is 4.45. The third kappa shape index (κ3) is 2.07. The molecule has 4 heteroatoms. The molecule has 0 aromatic heterocycles. The van der Waals surface area contributed by atoms with Crippen molar-refractivity contribution in [2.75, 3.05) is 14.2 Å². The number of carbonyl (C=O) groups is 1. The number of hydrogen-bond acceptors (Lipinski definition) is 2. The Morgan fingerprint density at radius 1 is 1.50 bits per heavy atom. The zero-order chi connectivity index (χ0) is 11.7. The van der Waals surface area contributed by atoms with Crippen molar-refractivity contribution in [1.29, 1.82) is 0 Å². The molecule has 0 saturated heterocycles. The molecule has 0 heterocycles.